The van der Waals surface area contributed by atoms with Crippen molar-refractivity contribution >= 4 is 12.0 Å². The number of aliphatic carboxylic acids is 1. The number of piperidine rings is 1. The van der Waals surface area contributed by atoms with Crippen LogP contribution in [0.2, 0.25) is 0 Å². The molecule has 1 saturated heterocycles. The maximum atomic E-state index is 12.4. The molecule has 2 aliphatic rings. The van der Waals surface area contributed by atoms with E-state index in [1.165, 1.54) is 0 Å². The number of carbonyl (C=O) groups excluding carboxylic acids is 1. The largest absolute Gasteiger partial charge is 0.480 e. The van der Waals surface area contributed by atoms with E-state index in [1.807, 2.05) is 0 Å². The number of carbonyl (C=O) groups is 2. The predicted octanol–water partition coefficient (Wildman–Crippen LogP) is 2.85. The third-order valence-corrected chi connectivity index (χ3v) is 5.36. The molecule has 0 aromatic rings. The van der Waals surface area contributed by atoms with Crippen LogP contribution in [0.5, 0.6) is 0 Å². The first-order chi connectivity index (χ1) is 9.97. The molecule has 0 unspecified atom stereocenters. The molecule has 1 heterocycles. The van der Waals surface area contributed by atoms with E-state index in [2.05, 4.69) is 19.2 Å². The SMILES string of the molecule is CCC1CCN(C(=O)NC2(C(=O)O)CCC(C)CC2)CC1. The van der Waals surface area contributed by atoms with E-state index in [9.17, 15) is 14.7 Å². The first-order valence-corrected chi connectivity index (χ1v) is 8.27. The zero-order valence-electron chi connectivity index (χ0n) is 13.2. The highest BCUT2D eigenvalue weighted by atomic mass is 16.4. The summed E-state index contributed by atoms with van der Waals surface area (Å²) in [6.07, 6.45) is 6.03. The molecule has 1 aliphatic heterocycles. The maximum Gasteiger partial charge on any atom is 0.329 e. The molecule has 0 aromatic carbocycles. The van der Waals surface area contributed by atoms with Crippen LogP contribution in [0.3, 0.4) is 0 Å². The lowest BCUT2D eigenvalue weighted by Gasteiger charge is -2.39. The van der Waals surface area contributed by atoms with Crippen LogP contribution in [-0.4, -0.2) is 40.6 Å². The molecule has 0 spiro atoms. The summed E-state index contributed by atoms with van der Waals surface area (Å²) in [6, 6.07) is -0.193. The number of hydrogen-bond acceptors (Lipinski definition) is 2. The summed E-state index contributed by atoms with van der Waals surface area (Å²) in [4.78, 5) is 25.9. The number of likely N-dealkylation sites (tertiary alicyclic amines) is 1. The van der Waals surface area contributed by atoms with E-state index in [0.717, 1.165) is 45.2 Å². The van der Waals surface area contributed by atoms with Gasteiger partial charge in [-0.1, -0.05) is 20.3 Å². The van der Waals surface area contributed by atoms with E-state index in [0.29, 0.717) is 24.7 Å². The molecule has 0 aromatic heterocycles. The van der Waals surface area contributed by atoms with Gasteiger partial charge in [0.2, 0.25) is 0 Å². The number of rotatable bonds is 3. The molecular weight excluding hydrogens is 268 g/mol. The number of carboxylic acids is 1. The standard InChI is InChI=1S/C16H28N2O3/c1-3-13-6-10-18(11-7-13)15(21)17-16(14(19)20)8-4-12(2)5-9-16/h12-13H,3-11H2,1-2H3,(H,17,21)(H,19,20). The smallest absolute Gasteiger partial charge is 0.329 e. The van der Waals surface area contributed by atoms with Gasteiger partial charge in [-0.05, 0) is 50.4 Å². The highest BCUT2D eigenvalue weighted by Crippen LogP contribution is 2.32. The van der Waals surface area contributed by atoms with Crippen LogP contribution in [0.1, 0.15) is 58.8 Å². The van der Waals surface area contributed by atoms with Gasteiger partial charge in [0.05, 0.1) is 0 Å². The molecule has 1 aliphatic carbocycles. The van der Waals surface area contributed by atoms with Crippen LogP contribution in [0.25, 0.3) is 0 Å². The maximum absolute atomic E-state index is 12.4. The van der Waals surface area contributed by atoms with Gasteiger partial charge < -0.3 is 15.3 Å². The molecule has 21 heavy (non-hydrogen) atoms. The Hall–Kier alpha value is -1.26. The zero-order valence-corrected chi connectivity index (χ0v) is 13.2. The van der Waals surface area contributed by atoms with Crippen LogP contribution in [0, 0.1) is 11.8 Å². The van der Waals surface area contributed by atoms with Gasteiger partial charge in [0, 0.05) is 13.1 Å². The molecule has 120 valence electrons. The predicted molar refractivity (Wildman–Crippen MR) is 81.1 cm³/mol. The summed E-state index contributed by atoms with van der Waals surface area (Å²) in [5.41, 5.74) is -1.05. The molecule has 0 radical (unpaired) electrons. The van der Waals surface area contributed by atoms with Crippen LogP contribution < -0.4 is 5.32 Å². The fraction of sp³-hybridized carbons (Fsp3) is 0.875. The number of urea groups is 1. The average Bonchev–Trinajstić information content (AvgIpc) is 2.49. The van der Waals surface area contributed by atoms with Crippen molar-refractivity contribution in [1.82, 2.24) is 10.2 Å². The van der Waals surface area contributed by atoms with Gasteiger partial charge in [-0.15, -0.1) is 0 Å². The molecular formula is C16H28N2O3. The van der Waals surface area contributed by atoms with Crippen molar-refractivity contribution in [2.75, 3.05) is 13.1 Å². The second-order valence-corrected chi connectivity index (χ2v) is 6.84. The summed E-state index contributed by atoms with van der Waals surface area (Å²) in [5.74, 6) is 0.374. The second kappa shape index (κ2) is 6.67. The van der Waals surface area contributed by atoms with Gasteiger partial charge in [-0.25, -0.2) is 9.59 Å². The van der Waals surface area contributed by atoms with Gasteiger partial charge in [-0.3, -0.25) is 0 Å². The monoisotopic (exact) mass is 296 g/mol. The lowest BCUT2D eigenvalue weighted by molar-refractivity contribution is -0.146. The zero-order chi connectivity index (χ0) is 15.5. The van der Waals surface area contributed by atoms with Gasteiger partial charge in [0.25, 0.3) is 0 Å². The fourth-order valence-corrected chi connectivity index (χ4v) is 3.48. The highest BCUT2D eigenvalue weighted by Gasteiger charge is 2.43. The second-order valence-electron chi connectivity index (χ2n) is 6.84. The molecule has 2 rings (SSSR count). The molecule has 5 nitrogen and oxygen atoms in total. The minimum absolute atomic E-state index is 0.193. The molecule has 0 atom stereocenters. The van der Waals surface area contributed by atoms with E-state index in [1.54, 1.807) is 4.90 Å². The molecule has 2 N–H and O–H groups in total. The Bertz CT molecular complexity index is 381. The van der Waals surface area contributed by atoms with E-state index in [-0.39, 0.29) is 6.03 Å². The minimum Gasteiger partial charge on any atom is -0.480 e. The number of nitrogens with one attached hydrogen (secondary N) is 1. The summed E-state index contributed by atoms with van der Waals surface area (Å²) < 4.78 is 0. The number of hydrogen-bond donors (Lipinski definition) is 2. The van der Waals surface area contributed by atoms with Crippen molar-refractivity contribution in [3.63, 3.8) is 0 Å². The van der Waals surface area contributed by atoms with Crippen molar-refractivity contribution in [3.8, 4) is 0 Å². The Labute approximate surface area is 127 Å². The topological polar surface area (TPSA) is 69.6 Å². The molecule has 1 saturated carbocycles. The Balaban J connectivity index is 1.95. The van der Waals surface area contributed by atoms with Crippen LogP contribution in [-0.2, 0) is 4.79 Å². The third kappa shape index (κ3) is 3.69. The lowest BCUT2D eigenvalue weighted by Crippen LogP contribution is -2.60. The Kier molecular flexibility index (Phi) is 5.12. The summed E-state index contributed by atoms with van der Waals surface area (Å²) in [5, 5.41) is 12.4. The minimum atomic E-state index is -1.05. The first-order valence-electron chi connectivity index (χ1n) is 8.27. The van der Waals surface area contributed by atoms with E-state index in [4.69, 9.17) is 0 Å². The summed E-state index contributed by atoms with van der Waals surface area (Å²) in [7, 11) is 0. The molecule has 5 heteroatoms. The van der Waals surface area contributed by atoms with Crippen molar-refractivity contribution in [3.05, 3.63) is 0 Å². The number of carboxylic acid groups (broad SMARTS) is 1. The average molecular weight is 296 g/mol. The van der Waals surface area contributed by atoms with Crippen LogP contribution in [0.4, 0.5) is 4.79 Å². The normalized spacial score (nSPS) is 31.0. The first kappa shape index (κ1) is 16.1. The summed E-state index contributed by atoms with van der Waals surface area (Å²) >= 11 is 0. The summed E-state index contributed by atoms with van der Waals surface area (Å²) in [6.45, 7) is 5.82. The lowest BCUT2D eigenvalue weighted by atomic mass is 9.77. The van der Waals surface area contributed by atoms with Crippen molar-refractivity contribution < 1.29 is 14.7 Å². The van der Waals surface area contributed by atoms with Gasteiger partial charge in [0.15, 0.2) is 0 Å². The molecule has 2 fully saturated rings. The van der Waals surface area contributed by atoms with Crippen molar-refractivity contribution in [2.45, 2.75) is 64.3 Å². The highest BCUT2D eigenvalue weighted by molar-refractivity contribution is 5.86. The fourth-order valence-electron chi connectivity index (χ4n) is 3.48. The number of amides is 2. The Morgan fingerprint density at radius 2 is 1.76 bits per heavy atom. The molecule has 0 bridgehead atoms. The number of nitrogens with zero attached hydrogens (tertiary/aromatic N) is 1. The van der Waals surface area contributed by atoms with E-state index >= 15 is 0 Å². The third-order valence-electron chi connectivity index (χ3n) is 5.36. The van der Waals surface area contributed by atoms with Crippen LogP contribution in [0.15, 0.2) is 0 Å². The van der Waals surface area contributed by atoms with Crippen molar-refractivity contribution in [2.24, 2.45) is 11.8 Å². The van der Waals surface area contributed by atoms with Gasteiger partial charge in [0.1, 0.15) is 5.54 Å². The van der Waals surface area contributed by atoms with Gasteiger partial charge in [-0.2, -0.15) is 0 Å². The van der Waals surface area contributed by atoms with Gasteiger partial charge >= 0.3 is 12.0 Å². The Morgan fingerprint density at radius 1 is 1.19 bits per heavy atom. The molecule has 2 amide bonds. The Morgan fingerprint density at radius 3 is 2.24 bits per heavy atom. The van der Waals surface area contributed by atoms with Crippen LogP contribution >= 0.6 is 0 Å². The van der Waals surface area contributed by atoms with E-state index < -0.39 is 11.5 Å². The quantitative estimate of drug-likeness (QED) is 0.841. The van der Waals surface area contributed by atoms with Crippen molar-refractivity contribution in [1.29, 1.82) is 0 Å².